The molecule has 6 nitrogen and oxygen atoms in total. The van der Waals surface area contributed by atoms with Gasteiger partial charge >= 0.3 is 0 Å². The van der Waals surface area contributed by atoms with Gasteiger partial charge in [0.1, 0.15) is 0 Å². The van der Waals surface area contributed by atoms with Gasteiger partial charge in [0.15, 0.2) is 15.6 Å². The van der Waals surface area contributed by atoms with E-state index in [1.165, 1.54) is 12.1 Å². The lowest BCUT2D eigenvalue weighted by atomic mass is 9.71. The predicted molar refractivity (Wildman–Crippen MR) is 180 cm³/mol. The van der Waals surface area contributed by atoms with Crippen LogP contribution in [0.15, 0.2) is 124 Å². The van der Waals surface area contributed by atoms with Crippen LogP contribution < -0.4 is 0 Å². The van der Waals surface area contributed by atoms with Crippen molar-refractivity contribution in [1.29, 1.82) is 0 Å². The van der Waals surface area contributed by atoms with Crippen LogP contribution >= 0.6 is 11.3 Å². The van der Waals surface area contributed by atoms with Crippen molar-refractivity contribution in [2.75, 3.05) is 0 Å². The summed E-state index contributed by atoms with van der Waals surface area (Å²) in [5.41, 5.74) is -0.352. The van der Waals surface area contributed by atoms with Crippen LogP contribution in [0.4, 0.5) is 0 Å². The average Bonchev–Trinajstić information content (AvgIpc) is 3.59. The van der Waals surface area contributed by atoms with Crippen molar-refractivity contribution in [2.45, 2.75) is 47.4 Å². The summed E-state index contributed by atoms with van der Waals surface area (Å²) in [7, 11) is -8.24. The number of Topliss-reactive ketones (excluding diaryl/α,β-unsaturated/α-hetero) is 1. The minimum Gasteiger partial charge on any atom is -0.298 e. The van der Waals surface area contributed by atoms with Crippen LogP contribution in [0.25, 0.3) is 21.4 Å². The van der Waals surface area contributed by atoms with Crippen LogP contribution in [0, 0.1) is 10.8 Å². The van der Waals surface area contributed by atoms with Gasteiger partial charge in [-0.1, -0.05) is 91.0 Å². The molecule has 4 aromatic carbocycles. The van der Waals surface area contributed by atoms with E-state index in [0.29, 0.717) is 27.8 Å². The highest BCUT2D eigenvalue weighted by Gasteiger charge is 2.65. The molecule has 1 aromatic heterocycles. The number of benzene rings is 4. The van der Waals surface area contributed by atoms with Crippen LogP contribution in [0.3, 0.4) is 0 Å². The van der Waals surface area contributed by atoms with Crippen molar-refractivity contribution < 1.29 is 21.6 Å². The molecule has 0 saturated heterocycles. The molecule has 6 rings (SSSR count). The van der Waals surface area contributed by atoms with Gasteiger partial charge in [0, 0.05) is 0 Å². The maximum absolute atomic E-state index is 15.3. The zero-order chi connectivity index (χ0) is 32.2. The second kappa shape index (κ2) is 11.2. The van der Waals surface area contributed by atoms with Gasteiger partial charge in [-0.25, -0.2) is 21.8 Å². The van der Waals surface area contributed by atoms with Crippen LogP contribution in [0.5, 0.6) is 0 Å². The second-order valence-corrected chi connectivity index (χ2v) is 17.6. The zero-order valence-corrected chi connectivity index (χ0v) is 27.8. The summed E-state index contributed by atoms with van der Waals surface area (Å²) >= 11 is 1.07. The highest BCUT2D eigenvalue weighted by atomic mass is 32.2. The van der Waals surface area contributed by atoms with Gasteiger partial charge in [-0.2, -0.15) is 0 Å². The average molecular weight is 656 g/mol. The number of hydrogen-bond acceptors (Lipinski definition) is 7. The number of carbonyl (C=O) groups excluding carboxylic acids is 1. The number of thiazole rings is 1. The highest BCUT2D eigenvalue weighted by molar-refractivity contribution is 7.94. The summed E-state index contributed by atoms with van der Waals surface area (Å²) in [6, 6.07) is 33.7. The quantitative estimate of drug-likeness (QED) is 0.171. The molecule has 5 aromatic rings. The van der Waals surface area contributed by atoms with E-state index in [1.807, 2.05) is 72.8 Å². The summed E-state index contributed by atoms with van der Waals surface area (Å²) in [5, 5.41) is -2.51. The molecule has 0 bridgehead atoms. The first kappa shape index (κ1) is 31.1. The van der Waals surface area contributed by atoms with E-state index in [2.05, 4.69) is 4.98 Å². The monoisotopic (exact) mass is 655 g/mol. The molecule has 0 amide bonds. The number of sulfone groups is 2. The first-order chi connectivity index (χ1) is 21.4. The number of allylic oxidation sites excluding steroid dienone is 2. The first-order valence-electron chi connectivity index (χ1n) is 14.6. The Hall–Kier alpha value is -3.92. The van der Waals surface area contributed by atoms with Crippen LogP contribution in [0.2, 0.25) is 0 Å². The van der Waals surface area contributed by atoms with Crippen molar-refractivity contribution >= 4 is 58.2 Å². The molecule has 4 atom stereocenters. The summed E-state index contributed by atoms with van der Waals surface area (Å²) in [5.74, 6) is -0.461. The van der Waals surface area contributed by atoms with E-state index < -0.39 is 46.8 Å². The normalized spacial score (nSPS) is 22.1. The van der Waals surface area contributed by atoms with Crippen molar-refractivity contribution in [3.63, 3.8) is 0 Å². The first-order valence-corrected chi connectivity index (χ1v) is 18.6. The van der Waals surface area contributed by atoms with Gasteiger partial charge in [0.05, 0.1) is 36.4 Å². The maximum Gasteiger partial charge on any atom is 0.210 e. The van der Waals surface area contributed by atoms with E-state index in [4.69, 9.17) is 0 Å². The van der Waals surface area contributed by atoms with Gasteiger partial charge in [-0.15, -0.1) is 11.3 Å². The Bertz CT molecular complexity index is 2130. The number of hydrogen-bond donors (Lipinski definition) is 0. The van der Waals surface area contributed by atoms with Gasteiger partial charge in [0.25, 0.3) is 0 Å². The number of ketones is 1. The Morgan fingerprint density at radius 1 is 0.600 bits per heavy atom. The smallest absolute Gasteiger partial charge is 0.210 e. The topological polar surface area (TPSA) is 98.2 Å². The van der Waals surface area contributed by atoms with E-state index in [-0.39, 0.29) is 9.24 Å². The van der Waals surface area contributed by atoms with Crippen LogP contribution in [0.1, 0.15) is 38.8 Å². The Balaban J connectivity index is 1.66. The molecular formula is C36H33NO5S3. The SMILES string of the molecule is CC(C1(C)C(=O)C(C)(C(C)S(=O)(=O)c2nc3ccccc3s2)C(c2ccccc2)=C1c1ccccc1)S(=O)(=O)c1ccccc1. The molecule has 0 radical (unpaired) electrons. The van der Waals surface area contributed by atoms with Crippen molar-refractivity contribution in [3.05, 3.63) is 126 Å². The maximum atomic E-state index is 15.3. The minimum atomic E-state index is -4.18. The molecule has 4 unspecified atom stereocenters. The lowest BCUT2D eigenvalue weighted by Crippen LogP contribution is -2.50. The van der Waals surface area contributed by atoms with Gasteiger partial charge in [-0.05, 0) is 74.2 Å². The summed E-state index contributed by atoms with van der Waals surface area (Å²) in [6.07, 6.45) is 0. The van der Waals surface area contributed by atoms with Crippen molar-refractivity contribution in [1.82, 2.24) is 4.98 Å². The fourth-order valence-electron chi connectivity index (χ4n) is 6.72. The molecular weight excluding hydrogens is 623 g/mol. The number of carbonyl (C=O) groups is 1. The van der Waals surface area contributed by atoms with Crippen molar-refractivity contribution in [2.24, 2.45) is 10.8 Å². The summed E-state index contributed by atoms with van der Waals surface area (Å²) < 4.78 is 58.3. The number of para-hydroxylation sites is 1. The molecule has 1 aliphatic carbocycles. The molecule has 0 aliphatic heterocycles. The van der Waals surface area contributed by atoms with E-state index in [0.717, 1.165) is 16.0 Å². The fraction of sp³-hybridized carbons (Fsp3) is 0.222. The van der Waals surface area contributed by atoms with Crippen molar-refractivity contribution in [3.8, 4) is 0 Å². The number of nitrogens with zero attached hydrogens (tertiary/aromatic N) is 1. The predicted octanol–water partition coefficient (Wildman–Crippen LogP) is 7.53. The largest absolute Gasteiger partial charge is 0.298 e. The van der Waals surface area contributed by atoms with E-state index >= 15 is 4.79 Å². The summed E-state index contributed by atoms with van der Waals surface area (Å²) in [6.45, 7) is 6.43. The fourth-order valence-corrected chi connectivity index (χ4v) is 11.7. The summed E-state index contributed by atoms with van der Waals surface area (Å²) in [4.78, 5) is 19.9. The molecule has 230 valence electrons. The third-order valence-corrected chi connectivity index (χ3v) is 15.6. The molecule has 1 heterocycles. The van der Waals surface area contributed by atoms with Crippen LogP contribution in [-0.4, -0.2) is 38.1 Å². The molecule has 0 saturated carbocycles. The lowest BCUT2D eigenvalue weighted by Gasteiger charge is -2.37. The zero-order valence-electron chi connectivity index (χ0n) is 25.3. The number of rotatable bonds is 8. The van der Waals surface area contributed by atoms with Gasteiger partial charge in [-0.3, -0.25) is 4.79 Å². The Morgan fingerprint density at radius 2 is 1.02 bits per heavy atom. The molecule has 0 spiro atoms. The molecule has 0 N–H and O–H groups in total. The Labute approximate surface area is 268 Å². The van der Waals surface area contributed by atoms with Gasteiger partial charge in [0.2, 0.25) is 14.2 Å². The Morgan fingerprint density at radius 3 is 1.51 bits per heavy atom. The number of aromatic nitrogens is 1. The number of fused-ring (bicyclic) bond motifs is 1. The molecule has 0 fully saturated rings. The molecule has 45 heavy (non-hydrogen) atoms. The van der Waals surface area contributed by atoms with E-state index in [9.17, 15) is 16.8 Å². The van der Waals surface area contributed by atoms with Gasteiger partial charge < -0.3 is 0 Å². The standard InChI is InChI=1S/C36H33NO5S3/c1-24(44(39,40)28-20-12-7-13-21-28)35(3)31(26-16-8-5-9-17-26)32(27-18-10-6-11-19-27)36(4,33(35)38)25(2)45(41,42)34-37-29-22-14-15-23-30(29)43-34/h5-25H,1-4H3. The third kappa shape index (κ3) is 4.71. The second-order valence-electron chi connectivity index (χ2n) is 11.9. The highest BCUT2D eigenvalue weighted by Crippen LogP contribution is 2.63. The molecule has 1 aliphatic rings. The Kier molecular flexibility index (Phi) is 7.70. The molecule has 9 heteroatoms. The minimum absolute atomic E-state index is 0.0718. The van der Waals surface area contributed by atoms with Crippen LogP contribution in [-0.2, 0) is 24.5 Å². The van der Waals surface area contributed by atoms with E-state index in [1.54, 1.807) is 58.0 Å². The third-order valence-electron chi connectivity index (χ3n) is 9.50. The lowest BCUT2D eigenvalue weighted by molar-refractivity contribution is -0.130.